The summed E-state index contributed by atoms with van der Waals surface area (Å²) >= 11 is 1.01. The summed E-state index contributed by atoms with van der Waals surface area (Å²) in [6.07, 6.45) is -4.41. The van der Waals surface area contributed by atoms with Crippen molar-refractivity contribution in [2.45, 2.75) is 11.1 Å². The van der Waals surface area contributed by atoms with Crippen LogP contribution in [0.3, 0.4) is 0 Å². The van der Waals surface area contributed by atoms with Crippen molar-refractivity contribution in [2.75, 3.05) is 11.1 Å². The monoisotopic (exact) mass is 367 g/mol. The molecule has 0 atom stereocenters. The number of hydrogen-bond acceptors (Lipinski definition) is 3. The molecule has 0 aliphatic rings. The van der Waals surface area contributed by atoms with Crippen LogP contribution in [-0.4, -0.2) is 21.6 Å². The summed E-state index contributed by atoms with van der Waals surface area (Å²) in [6, 6.07) is 9.68. The Hall–Kier alpha value is -2.68. The molecule has 1 heterocycles. The second-order valence-electron chi connectivity index (χ2n) is 5.20. The van der Waals surface area contributed by atoms with Gasteiger partial charge < -0.3 is 15.3 Å². The van der Waals surface area contributed by atoms with Gasteiger partial charge in [-0.05, 0) is 36.4 Å². The van der Waals surface area contributed by atoms with Crippen LogP contribution in [0.1, 0.15) is 5.56 Å². The first kappa shape index (κ1) is 17.2. The maximum atomic E-state index is 12.7. The number of alkyl halides is 3. The number of carbonyl (C=O) groups excluding carboxylic acids is 1. The maximum absolute atomic E-state index is 12.7. The van der Waals surface area contributed by atoms with Crippen LogP contribution in [0.5, 0.6) is 0 Å². The second kappa shape index (κ2) is 6.67. The van der Waals surface area contributed by atoms with Gasteiger partial charge in [0.05, 0.1) is 22.3 Å². The predicted molar refractivity (Wildman–Crippen MR) is 89.7 cm³/mol. The molecule has 0 saturated heterocycles. The predicted octanol–water partition coefficient (Wildman–Crippen LogP) is 3.61. The molecule has 0 unspecified atom stereocenters. The van der Waals surface area contributed by atoms with Crippen molar-refractivity contribution in [1.82, 2.24) is 9.97 Å². The van der Waals surface area contributed by atoms with Gasteiger partial charge in [0.15, 0.2) is 0 Å². The lowest BCUT2D eigenvalue weighted by Gasteiger charge is -2.09. The molecular formula is C16H12F3N3O2S. The van der Waals surface area contributed by atoms with Crippen LogP contribution in [-0.2, 0) is 11.0 Å². The molecule has 0 aliphatic carbocycles. The molecule has 9 heteroatoms. The van der Waals surface area contributed by atoms with Crippen LogP contribution in [0.15, 0.2) is 52.2 Å². The summed E-state index contributed by atoms with van der Waals surface area (Å²) in [5, 5.41) is 2.64. The molecule has 3 N–H and O–H groups in total. The van der Waals surface area contributed by atoms with Crippen molar-refractivity contribution in [3.05, 3.63) is 58.5 Å². The number of fused-ring (bicyclic) bond motifs is 1. The van der Waals surface area contributed by atoms with Gasteiger partial charge in [-0.15, -0.1) is 11.8 Å². The largest absolute Gasteiger partial charge is 0.416 e. The van der Waals surface area contributed by atoms with Crippen LogP contribution in [0.4, 0.5) is 18.9 Å². The average molecular weight is 367 g/mol. The molecule has 0 spiro atoms. The van der Waals surface area contributed by atoms with E-state index in [9.17, 15) is 22.8 Å². The van der Waals surface area contributed by atoms with Crippen molar-refractivity contribution in [2.24, 2.45) is 0 Å². The number of nitrogens with one attached hydrogen (secondary N) is 3. The molecule has 0 bridgehead atoms. The fraction of sp³-hybridized carbons (Fsp3) is 0.125. The first-order valence-electron chi connectivity index (χ1n) is 7.13. The van der Waals surface area contributed by atoms with E-state index in [-0.39, 0.29) is 17.3 Å². The number of thioether (sulfide) groups is 1. The molecule has 0 fully saturated rings. The van der Waals surface area contributed by atoms with E-state index in [0.717, 1.165) is 23.9 Å². The fourth-order valence-electron chi connectivity index (χ4n) is 2.22. The number of halogens is 3. The van der Waals surface area contributed by atoms with Crippen molar-refractivity contribution in [3.63, 3.8) is 0 Å². The zero-order valence-corrected chi connectivity index (χ0v) is 13.4. The van der Waals surface area contributed by atoms with E-state index >= 15 is 0 Å². The molecule has 3 rings (SSSR count). The lowest BCUT2D eigenvalue weighted by molar-refractivity contribution is -0.137. The minimum Gasteiger partial charge on any atom is -0.325 e. The Morgan fingerprint density at radius 1 is 1.08 bits per heavy atom. The fourth-order valence-corrected chi connectivity index (χ4v) is 2.97. The summed E-state index contributed by atoms with van der Waals surface area (Å²) in [6.45, 7) is 0. The minimum absolute atomic E-state index is 0.0387. The molecular weight excluding hydrogens is 355 g/mol. The molecule has 1 aromatic heterocycles. The Kier molecular flexibility index (Phi) is 4.58. The van der Waals surface area contributed by atoms with Crippen molar-refractivity contribution < 1.29 is 18.0 Å². The number of anilines is 1. The number of aromatic nitrogens is 2. The van der Waals surface area contributed by atoms with E-state index < -0.39 is 11.7 Å². The lowest BCUT2D eigenvalue weighted by atomic mass is 10.2. The highest BCUT2D eigenvalue weighted by atomic mass is 32.2. The Morgan fingerprint density at radius 3 is 2.60 bits per heavy atom. The molecule has 2 aromatic carbocycles. The van der Waals surface area contributed by atoms with Crippen LogP contribution >= 0.6 is 11.8 Å². The van der Waals surface area contributed by atoms with Gasteiger partial charge in [-0.25, -0.2) is 4.79 Å². The molecule has 0 saturated carbocycles. The molecule has 0 aliphatic heterocycles. The SMILES string of the molecule is O=C(CSc1cccc(C(F)(F)F)c1)Nc1ccc2[nH]c(=O)[nH]c2c1. The number of amides is 1. The average Bonchev–Trinajstić information content (AvgIpc) is 2.92. The van der Waals surface area contributed by atoms with Crippen molar-refractivity contribution in [3.8, 4) is 0 Å². The minimum atomic E-state index is -4.41. The van der Waals surface area contributed by atoms with E-state index in [1.165, 1.54) is 12.1 Å². The zero-order chi connectivity index (χ0) is 18.0. The third kappa shape index (κ3) is 4.24. The third-order valence-corrected chi connectivity index (χ3v) is 4.32. The number of benzene rings is 2. The quantitative estimate of drug-likeness (QED) is 0.617. The number of rotatable bonds is 4. The molecule has 5 nitrogen and oxygen atoms in total. The van der Waals surface area contributed by atoms with Gasteiger partial charge in [-0.3, -0.25) is 4.79 Å². The summed E-state index contributed by atoms with van der Waals surface area (Å²) in [5.41, 5.74) is 0.547. The zero-order valence-electron chi connectivity index (χ0n) is 12.6. The number of imidazole rings is 1. The Labute approximate surface area is 143 Å². The van der Waals surface area contributed by atoms with E-state index in [2.05, 4.69) is 15.3 Å². The first-order valence-corrected chi connectivity index (χ1v) is 8.12. The van der Waals surface area contributed by atoms with E-state index in [0.29, 0.717) is 21.6 Å². The first-order chi connectivity index (χ1) is 11.8. The lowest BCUT2D eigenvalue weighted by Crippen LogP contribution is -2.14. The van der Waals surface area contributed by atoms with Crippen LogP contribution in [0, 0.1) is 0 Å². The van der Waals surface area contributed by atoms with Gasteiger partial charge in [0.1, 0.15) is 0 Å². The van der Waals surface area contributed by atoms with E-state index in [4.69, 9.17) is 0 Å². The number of carbonyl (C=O) groups is 1. The van der Waals surface area contributed by atoms with Gasteiger partial charge in [-0.1, -0.05) is 6.07 Å². The number of H-pyrrole nitrogens is 2. The topological polar surface area (TPSA) is 77.8 Å². The van der Waals surface area contributed by atoms with Gasteiger partial charge >= 0.3 is 11.9 Å². The van der Waals surface area contributed by atoms with Gasteiger partial charge in [0.25, 0.3) is 0 Å². The number of hydrogen-bond donors (Lipinski definition) is 3. The smallest absolute Gasteiger partial charge is 0.325 e. The van der Waals surface area contributed by atoms with Gasteiger partial charge in [-0.2, -0.15) is 13.2 Å². The standard InChI is InChI=1S/C16H12F3N3O2S/c17-16(18,19)9-2-1-3-11(6-9)25-8-14(23)20-10-4-5-12-13(7-10)22-15(24)21-12/h1-7H,8H2,(H,20,23)(H2,21,22,24). The summed E-state index contributed by atoms with van der Waals surface area (Å²) in [5.74, 6) is -0.400. The van der Waals surface area contributed by atoms with Crippen LogP contribution < -0.4 is 11.0 Å². The molecule has 1 amide bonds. The molecule has 0 radical (unpaired) electrons. The third-order valence-electron chi connectivity index (χ3n) is 3.33. The van der Waals surface area contributed by atoms with Crippen molar-refractivity contribution in [1.29, 1.82) is 0 Å². The molecule has 25 heavy (non-hydrogen) atoms. The highest BCUT2D eigenvalue weighted by Gasteiger charge is 2.30. The second-order valence-corrected chi connectivity index (χ2v) is 6.25. The Bertz CT molecular complexity index is 978. The van der Waals surface area contributed by atoms with Gasteiger partial charge in [0.2, 0.25) is 5.91 Å². The van der Waals surface area contributed by atoms with Gasteiger partial charge in [0, 0.05) is 10.6 Å². The van der Waals surface area contributed by atoms with E-state index in [1.54, 1.807) is 18.2 Å². The summed E-state index contributed by atoms with van der Waals surface area (Å²) in [4.78, 5) is 28.7. The maximum Gasteiger partial charge on any atom is 0.416 e. The Morgan fingerprint density at radius 2 is 1.84 bits per heavy atom. The molecule has 3 aromatic rings. The normalized spacial score (nSPS) is 11.6. The van der Waals surface area contributed by atoms with E-state index in [1.807, 2.05) is 0 Å². The highest BCUT2D eigenvalue weighted by molar-refractivity contribution is 8.00. The molecule has 130 valence electrons. The highest BCUT2D eigenvalue weighted by Crippen LogP contribution is 2.31. The van der Waals surface area contributed by atoms with Crippen molar-refractivity contribution >= 4 is 34.4 Å². The number of aromatic amines is 2. The summed E-state index contributed by atoms with van der Waals surface area (Å²) in [7, 11) is 0. The van der Waals surface area contributed by atoms with Crippen LogP contribution in [0.2, 0.25) is 0 Å². The Balaban J connectivity index is 1.63. The van der Waals surface area contributed by atoms with Crippen LogP contribution in [0.25, 0.3) is 11.0 Å². The summed E-state index contributed by atoms with van der Waals surface area (Å²) < 4.78 is 38.0.